The zero-order chi connectivity index (χ0) is 30.0. The second-order valence-electron chi connectivity index (χ2n) is 10.1. The molecule has 1 fully saturated rings. The number of hydrogen-bond acceptors (Lipinski definition) is 6. The molecule has 0 atom stereocenters. The number of nitrogens with one attached hydrogen (secondary N) is 3. The Hall–Kier alpha value is -5.18. The van der Waals surface area contributed by atoms with Gasteiger partial charge in [-0.3, -0.25) is 4.79 Å². The first-order valence-electron chi connectivity index (χ1n) is 14.4. The van der Waals surface area contributed by atoms with Gasteiger partial charge in [0.2, 0.25) is 0 Å². The van der Waals surface area contributed by atoms with Gasteiger partial charge in [-0.2, -0.15) is 0 Å². The Kier molecular flexibility index (Phi) is 9.63. The summed E-state index contributed by atoms with van der Waals surface area (Å²) in [5, 5.41) is 8.76. The normalized spacial score (nSPS) is 12.8. The summed E-state index contributed by atoms with van der Waals surface area (Å²) in [6.07, 6.45) is 0.721. The van der Waals surface area contributed by atoms with Crippen molar-refractivity contribution in [3.05, 3.63) is 108 Å². The second kappa shape index (κ2) is 14.1. The van der Waals surface area contributed by atoms with Gasteiger partial charge >= 0.3 is 6.03 Å². The molecule has 1 aliphatic heterocycles. The Bertz CT molecular complexity index is 1540. The summed E-state index contributed by atoms with van der Waals surface area (Å²) in [6.45, 7) is 3.50. The average molecular weight is 580 g/mol. The zero-order valence-corrected chi connectivity index (χ0v) is 24.5. The third-order valence-corrected chi connectivity index (χ3v) is 7.44. The number of benzene rings is 4. The molecule has 4 aromatic carbocycles. The molecule has 0 saturated carbocycles. The summed E-state index contributed by atoms with van der Waals surface area (Å²) >= 11 is 0. The van der Waals surface area contributed by atoms with Gasteiger partial charge in [-0.1, -0.05) is 54.6 Å². The number of anilines is 4. The first kappa shape index (κ1) is 29.3. The van der Waals surface area contributed by atoms with Crippen LogP contribution < -0.4 is 35.2 Å². The predicted octanol–water partition coefficient (Wildman–Crippen LogP) is 5.65. The average Bonchev–Trinajstić information content (AvgIpc) is 3.05. The third-order valence-electron chi connectivity index (χ3n) is 7.44. The zero-order valence-electron chi connectivity index (χ0n) is 24.5. The molecule has 0 radical (unpaired) electrons. The fraction of sp³-hybridized carbons (Fsp3) is 0.235. The first-order chi connectivity index (χ1) is 21.1. The van der Waals surface area contributed by atoms with Crippen LogP contribution >= 0.6 is 0 Å². The van der Waals surface area contributed by atoms with Crippen molar-refractivity contribution < 1.29 is 19.1 Å². The van der Waals surface area contributed by atoms with E-state index in [-0.39, 0.29) is 5.91 Å². The molecule has 3 amide bonds. The monoisotopic (exact) mass is 579 g/mol. The summed E-state index contributed by atoms with van der Waals surface area (Å²) in [4.78, 5) is 31.0. The van der Waals surface area contributed by atoms with Crippen LogP contribution in [0.5, 0.6) is 11.5 Å². The molecule has 1 aliphatic rings. The van der Waals surface area contributed by atoms with E-state index in [9.17, 15) is 9.59 Å². The molecule has 1 saturated heterocycles. The number of ether oxygens (including phenoxy) is 2. The van der Waals surface area contributed by atoms with Crippen LogP contribution in [0.3, 0.4) is 0 Å². The van der Waals surface area contributed by atoms with Crippen molar-refractivity contribution in [2.45, 2.75) is 6.42 Å². The highest BCUT2D eigenvalue weighted by Gasteiger charge is 2.24. The number of rotatable bonds is 10. The molecule has 222 valence electrons. The molecule has 4 aromatic rings. The van der Waals surface area contributed by atoms with Crippen LogP contribution in [0.1, 0.15) is 15.9 Å². The maximum atomic E-state index is 13.6. The highest BCUT2D eigenvalue weighted by Crippen LogP contribution is 2.31. The Morgan fingerprint density at radius 2 is 1.33 bits per heavy atom. The summed E-state index contributed by atoms with van der Waals surface area (Å²) in [7, 11) is 3.24. The SMILES string of the molecule is COc1ccccc1NC(=O)Nc1ccc(N2CCN(c3ccccc3OC)CC2)c(C(=O)NCCc2ccccc2)c1. The molecule has 0 bridgehead atoms. The van der Waals surface area contributed by atoms with E-state index in [1.54, 1.807) is 32.4 Å². The van der Waals surface area contributed by atoms with E-state index in [4.69, 9.17) is 9.47 Å². The highest BCUT2D eigenvalue weighted by molar-refractivity contribution is 6.04. The lowest BCUT2D eigenvalue weighted by Gasteiger charge is -2.38. The molecule has 43 heavy (non-hydrogen) atoms. The fourth-order valence-electron chi connectivity index (χ4n) is 5.24. The number of nitrogens with zero attached hydrogens (tertiary/aromatic N) is 2. The van der Waals surface area contributed by atoms with E-state index < -0.39 is 6.03 Å². The number of hydrogen-bond donors (Lipinski definition) is 3. The number of amides is 3. The largest absolute Gasteiger partial charge is 0.495 e. The summed E-state index contributed by atoms with van der Waals surface area (Å²) < 4.78 is 10.9. The van der Waals surface area contributed by atoms with E-state index in [0.717, 1.165) is 55.3 Å². The van der Waals surface area contributed by atoms with Gasteiger partial charge in [-0.05, 0) is 54.4 Å². The van der Waals surface area contributed by atoms with Crippen molar-refractivity contribution in [2.24, 2.45) is 0 Å². The standard InChI is InChI=1S/C34H37N5O4/c1-42-31-14-8-6-12-28(31)37-34(41)36-26-16-17-29(27(24-26)33(40)35-19-18-25-10-4-3-5-11-25)38-20-22-39(23-21-38)30-13-7-9-15-32(30)43-2/h3-17,24H,18-23H2,1-2H3,(H,35,40)(H2,36,37,41). The minimum Gasteiger partial charge on any atom is -0.495 e. The third kappa shape index (κ3) is 7.37. The molecule has 0 spiro atoms. The number of para-hydroxylation sites is 4. The van der Waals surface area contributed by atoms with Crippen molar-refractivity contribution in [1.29, 1.82) is 0 Å². The van der Waals surface area contributed by atoms with Gasteiger partial charge in [-0.15, -0.1) is 0 Å². The Morgan fingerprint density at radius 3 is 2.05 bits per heavy atom. The Morgan fingerprint density at radius 1 is 0.698 bits per heavy atom. The molecule has 0 aromatic heterocycles. The molecular weight excluding hydrogens is 542 g/mol. The lowest BCUT2D eigenvalue weighted by atomic mass is 10.1. The minimum atomic E-state index is -0.432. The molecule has 0 aliphatic carbocycles. The molecule has 1 heterocycles. The van der Waals surface area contributed by atoms with E-state index in [1.807, 2.05) is 72.8 Å². The summed E-state index contributed by atoms with van der Waals surface area (Å²) in [6, 6.07) is 30.3. The molecule has 9 nitrogen and oxygen atoms in total. The van der Waals surface area contributed by atoms with Gasteiger partial charge < -0.3 is 35.2 Å². The molecule has 0 unspecified atom stereocenters. The van der Waals surface area contributed by atoms with Crippen LogP contribution in [0.4, 0.5) is 27.5 Å². The second-order valence-corrected chi connectivity index (χ2v) is 10.1. The molecule has 9 heteroatoms. The number of piperazine rings is 1. The van der Waals surface area contributed by atoms with Crippen molar-refractivity contribution in [1.82, 2.24) is 5.32 Å². The smallest absolute Gasteiger partial charge is 0.323 e. The lowest BCUT2D eigenvalue weighted by molar-refractivity contribution is 0.0954. The van der Waals surface area contributed by atoms with E-state index in [1.165, 1.54) is 0 Å². The minimum absolute atomic E-state index is 0.188. The van der Waals surface area contributed by atoms with Crippen LogP contribution in [0.25, 0.3) is 0 Å². The van der Waals surface area contributed by atoms with Gasteiger partial charge in [0.1, 0.15) is 11.5 Å². The maximum Gasteiger partial charge on any atom is 0.323 e. The number of carbonyl (C=O) groups excluding carboxylic acids is 2. The lowest BCUT2D eigenvalue weighted by Crippen LogP contribution is -2.47. The van der Waals surface area contributed by atoms with Crippen molar-refractivity contribution in [3.8, 4) is 11.5 Å². The molecule has 3 N–H and O–H groups in total. The number of carbonyl (C=O) groups is 2. The number of methoxy groups -OCH3 is 2. The van der Waals surface area contributed by atoms with Crippen molar-refractivity contribution in [2.75, 3.05) is 67.4 Å². The molecule has 5 rings (SSSR count). The maximum absolute atomic E-state index is 13.6. The summed E-state index contributed by atoms with van der Waals surface area (Å²) in [5.41, 5.74) is 4.60. The van der Waals surface area contributed by atoms with Crippen LogP contribution in [0.2, 0.25) is 0 Å². The van der Waals surface area contributed by atoms with Gasteiger partial charge in [-0.25, -0.2) is 4.79 Å². The van der Waals surface area contributed by atoms with Gasteiger partial charge in [0.05, 0.1) is 31.2 Å². The Labute approximate surface area is 252 Å². The van der Waals surface area contributed by atoms with Gasteiger partial charge in [0.15, 0.2) is 0 Å². The quantitative estimate of drug-likeness (QED) is 0.225. The van der Waals surface area contributed by atoms with Crippen LogP contribution in [0, 0.1) is 0 Å². The van der Waals surface area contributed by atoms with Crippen molar-refractivity contribution >= 4 is 34.7 Å². The number of urea groups is 1. The van der Waals surface area contributed by atoms with Gasteiger partial charge in [0, 0.05) is 44.1 Å². The van der Waals surface area contributed by atoms with Crippen LogP contribution in [-0.2, 0) is 6.42 Å². The Balaban J connectivity index is 1.32. The van der Waals surface area contributed by atoms with Crippen molar-refractivity contribution in [3.63, 3.8) is 0 Å². The van der Waals surface area contributed by atoms with E-state index in [0.29, 0.717) is 29.2 Å². The van der Waals surface area contributed by atoms with Crippen LogP contribution in [0.15, 0.2) is 97.1 Å². The fourth-order valence-corrected chi connectivity index (χ4v) is 5.24. The predicted molar refractivity (Wildman–Crippen MR) is 172 cm³/mol. The van der Waals surface area contributed by atoms with E-state index >= 15 is 0 Å². The first-order valence-corrected chi connectivity index (χ1v) is 14.4. The summed E-state index contributed by atoms with van der Waals surface area (Å²) in [5.74, 6) is 1.21. The molecular formula is C34H37N5O4. The van der Waals surface area contributed by atoms with Gasteiger partial charge in [0.25, 0.3) is 5.91 Å². The van der Waals surface area contributed by atoms with E-state index in [2.05, 4.69) is 31.8 Å². The topological polar surface area (TPSA) is 95.2 Å². The highest BCUT2D eigenvalue weighted by atomic mass is 16.5. The van der Waals surface area contributed by atoms with Crippen LogP contribution in [-0.4, -0.2) is 58.9 Å².